The molecule has 21 heavy (non-hydrogen) atoms. The van der Waals surface area contributed by atoms with Crippen LogP contribution in [-0.4, -0.2) is 0 Å². The van der Waals surface area contributed by atoms with Crippen LogP contribution in [0.3, 0.4) is 0 Å². The van der Waals surface area contributed by atoms with Gasteiger partial charge in [0.15, 0.2) is 0 Å². The molecule has 0 aliphatic rings. The van der Waals surface area contributed by atoms with Crippen molar-refractivity contribution in [1.82, 2.24) is 0 Å². The molecule has 3 aromatic carbocycles. The van der Waals surface area contributed by atoms with Gasteiger partial charge in [0.25, 0.3) is 0 Å². The number of benzene rings is 3. The van der Waals surface area contributed by atoms with E-state index in [0.717, 1.165) is 10.7 Å². The van der Waals surface area contributed by atoms with Gasteiger partial charge in [-0.25, -0.2) is 0 Å². The van der Waals surface area contributed by atoms with Crippen molar-refractivity contribution < 1.29 is 0 Å². The third-order valence-electron chi connectivity index (χ3n) is 3.42. The zero-order chi connectivity index (χ0) is 14.5. The van der Waals surface area contributed by atoms with Gasteiger partial charge in [0.1, 0.15) is 0 Å². The Labute approximate surface area is 130 Å². The molecule has 3 rings (SSSR count). The molecule has 0 unspecified atom stereocenters. The Morgan fingerprint density at radius 2 is 1.10 bits per heavy atom. The highest BCUT2D eigenvalue weighted by atomic mass is 35.5. The molecule has 0 fully saturated rings. The van der Waals surface area contributed by atoms with E-state index in [1.54, 1.807) is 0 Å². The fourth-order valence-electron chi connectivity index (χ4n) is 2.36. The predicted molar refractivity (Wildman–Crippen MR) is 89.8 cm³/mol. The topological polar surface area (TPSA) is 12.0 Å². The highest BCUT2D eigenvalue weighted by Gasteiger charge is 2.13. The maximum absolute atomic E-state index is 5.95. The van der Waals surface area contributed by atoms with Gasteiger partial charge >= 0.3 is 0 Å². The Morgan fingerprint density at radius 1 is 0.619 bits per heavy atom. The lowest BCUT2D eigenvalue weighted by Gasteiger charge is -2.21. The van der Waals surface area contributed by atoms with Gasteiger partial charge in [0, 0.05) is 10.7 Å². The molecular weight excluding hydrogens is 278 g/mol. The lowest BCUT2D eigenvalue weighted by molar-refractivity contribution is 0.939. The first-order valence-electron chi connectivity index (χ1n) is 6.95. The summed E-state index contributed by atoms with van der Waals surface area (Å²) < 4.78 is 0. The van der Waals surface area contributed by atoms with Crippen LogP contribution in [0.15, 0.2) is 84.9 Å². The molecule has 0 aromatic heterocycles. The van der Waals surface area contributed by atoms with Crippen LogP contribution in [0, 0.1) is 0 Å². The van der Waals surface area contributed by atoms with E-state index >= 15 is 0 Å². The van der Waals surface area contributed by atoms with E-state index < -0.39 is 0 Å². The van der Waals surface area contributed by atoms with Crippen LogP contribution in [0.1, 0.15) is 17.2 Å². The first-order valence-corrected chi connectivity index (χ1v) is 7.33. The minimum absolute atomic E-state index is 0.119. The van der Waals surface area contributed by atoms with Crippen molar-refractivity contribution in [2.45, 2.75) is 6.04 Å². The first-order chi connectivity index (χ1) is 10.3. The van der Waals surface area contributed by atoms with E-state index in [2.05, 4.69) is 53.8 Å². The van der Waals surface area contributed by atoms with Crippen LogP contribution in [0.4, 0.5) is 5.69 Å². The molecular formula is C19H16ClN. The molecule has 0 spiro atoms. The molecule has 104 valence electrons. The van der Waals surface area contributed by atoms with Crippen molar-refractivity contribution in [3.63, 3.8) is 0 Å². The van der Waals surface area contributed by atoms with E-state index in [4.69, 9.17) is 11.6 Å². The molecule has 1 N–H and O–H groups in total. The van der Waals surface area contributed by atoms with Crippen molar-refractivity contribution in [2.75, 3.05) is 5.32 Å². The number of nitrogens with one attached hydrogen (secondary N) is 1. The Kier molecular flexibility index (Phi) is 4.23. The van der Waals surface area contributed by atoms with Crippen LogP contribution in [0.25, 0.3) is 0 Å². The fraction of sp³-hybridized carbons (Fsp3) is 0.0526. The number of halogens is 1. The zero-order valence-electron chi connectivity index (χ0n) is 11.5. The number of anilines is 1. The van der Waals surface area contributed by atoms with Gasteiger partial charge in [0.2, 0.25) is 0 Å². The molecule has 0 bridgehead atoms. The van der Waals surface area contributed by atoms with Crippen LogP contribution in [0.5, 0.6) is 0 Å². The van der Waals surface area contributed by atoms with E-state index in [9.17, 15) is 0 Å². The first kappa shape index (κ1) is 13.7. The van der Waals surface area contributed by atoms with Gasteiger partial charge < -0.3 is 5.32 Å². The second kappa shape index (κ2) is 6.47. The highest BCUT2D eigenvalue weighted by Crippen LogP contribution is 2.27. The molecule has 0 amide bonds. The van der Waals surface area contributed by atoms with E-state index in [1.807, 2.05) is 36.4 Å². The van der Waals surface area contributed by atoms with E-state index in [0.29, 0.717) is 0 Å². The van der Waals surface area contributed by atoms with Gasteiger partial charge in [-0.1, -0.05) is 72.3 Å². The summed E-state index contributed by atoms with van der Waals surface area (Å²) in [5, 5.41) is 4.33. The monoisotopic (exact) mass is 293 g/mol. The Hall–Kier alpha value is -2.25. The summed E-state index contributed by atoms with van der Waals surface area (Å²) in [5.41, 5.74) is 3.52. The molecule has 0 radical (unpaired) electrons. The molecule has 0 atom stereocenters. The van der Waals surface area contributed by atoms with Crippen LogP contribution in [0.2, 0.25) is 5.02 Å². The maximum Gasteiger partial charge on any atom is 0.0767 e. The standard InChI is InChI=1S/C19H16ClN/c20-17-11-13-18(14-12-17)21-19(15-7-3-1-4-8-15)16-9-5-2-6-10-16/h1-14,19,21H. The molecule has 1 nitrogen and oxygen atoms in total. The second-order valence-corrected chi connectivity index (χ2v) is 5.34. The minimum Gasteiger partial charge on any atom is -0.374 e. The Morgan fingerprint density at radius 3 is 1.57 bits per heavy atom. The van der Waals surface area contributed by atoms with E-state index in [-0.39, 0.29) is 6.04 Å². The Balaban J connectivity index is 1.95. The summed E-state index contributed by atoms with van der Waals surface area (Å²) in [5.74, 6) is 0. The van der Waals surface area contributed by atoms with Gasteiger partial charge in [-0.15, -0.1) is 0 Å². The summed E-state index contributed by atoms with van der Waals surface area (Å²) in [6, 6.07) is 28.8. The predicted octanol–water partition coefficient (Wildman–Crippen LogP) is 5.54. The van der Waals surface area contributed by atoms with Crippen molar-refractivity contribution in [2.24, 2.45) is 0 Å². The minimum atomic E-state index is 0.119. The number of hydrogen-bond acceptors (Lipinski definition) is 1. The van der Waals surface area contributed by atoms with Crippen molar-refractivity contribution in [1.29, 1.82) is 0 Å². The van der Waals surface area contributed by atoms with Gasteiger partial charge in [-0.2, -0.15) is 0 Å². The largest absolute Gasteiger partial charge is 0.374 e. The van der Waals surface area contributed by atoms with Gasteiger partial charge in [-0.3, -0.25) is 0 Å². The lowest BCUT2D eigenvalue weighted by Crippen LogP contribution is -2.12. The molecule has 0 saturated heterocycles. The summed E-state index contributed by atoms with van der Waals surface area (Å²) in [4.78, 5) is 0. The van der Waals surface area contributed by atoms with Crippen LogP contribution >= 0.6 is 11.6 Å². The third kappa shape index (κ3) is 3.45. The van der Waals surface area contributed by atoms with E-state index in [1.165, 1.54) is 11.1 Å². The van der Waals surface area contributed by atoms with Crippen LogP contribution < -0.4 is 5.32 Å². The molecule has 0 saturated carbocycles. The van der Waals surface area contributed by atoms with Crippen molar-refractivity contribution in [3.8, 4) is 0 Å². The third-order valence-corrected chi connectivity index (χ3v) is 3.67. The van der Waals surface area contributed by atoms with Crippen LogP contribution in [-0.2, 0) is 0 Å². The quantitative estimate of drug-likeness (QED) is 0.666. The summed E-state index contributed by atoms with van der Waals surface area (Å²) in [6.45, 7) is 0. The molecule has 2 heteroatoms. The smallest absolute Gasteiger partial charge is 0.0767 e. The molecule has 0 aliphatic carbocycles. The summed E-state index contributed by atoms with van der Waals surface area (Å²) in [7, 11) is 0. The molecule has 0 heterocycles. The summed E-state index contributed by atoms with van der Waals surface area (Å²) in [6.07, 6.45) is 0. The zero-order valence-corrected chi connectivity index (χ0v) is 12.3. The fourth-order valence-corrected chi connectivity index (χ4v) is 2.49. The number of hydrogen-bond donors (Lipinski definition) is 1. The second-order valence-electron chi connectivity index (χ2n) is 4.91. The van der Waals surface area contributed by atoms with Gasteiger partial charge in [-0.05, 0) is 35.4 Å². The average molecular weight is 294 g/mol. The number of rotatable bonds is 4. The highest BCUT2D eigenvalue weighted by molar-refractivity contribution is 6.30. The maximum atomic E-state index is 5.95. The normalized spacial score (nSPS) is 10.6. The van der Waals surface area contributed by atoms with Crippen molar-refractivity contribution in [3.05, 3.63) is 101 Å². The average Bonchev–Trinajstić information content (AvgIpc) is 2.56. The molecule has 3 aromatic rings. The Bertz CT molecular complexity index is 638. The van der Waals surface area contributed by atoms with Gasteiger partial charge in [0.05, 0.1) is 6.04 Å². The summed E-state index contributed by atoms with van der Waals surface area (Å²) >= 11 is 5.95. The SMILES string of the molecule is Clc1ccc(NC(c2ccccc2)c2ccccc2)cc1. The molecule has 0 aliphatic heterocycles. The lowest BCUT2D eigenvalue weighted by atomic mass is 9.98. The van der Waals surface area contributed by atoms with Crippen molar-refractivity contribution >= 4 is 17.3 Å².